The average Bonchev–Trinajstić information content (AvgIpc) is 2.29. The maximum absolute atomic E-state index is 11.9. The normalized spacial score (nSPS) is 18.5. The molecule has 0 atom stereocenters. The second-order valence-electron chi connectivity index (χ2n) is 4.32. The standard InChI is InChI=1S/C10H21N3O3S/c1-4-11-10(14)12-5-7-13(8-6-12)17(15,16)9(2)3/h9H,4-8H2,1-3H3,(H,11,14). The zero-order valence-corrected chi connectivity index (χ0v) is 11.5. The summed E-state index contributed by atoms with van der Waals surface area (Å²) in [7, 11) is -3.19. The molecular formula is C10H21N3O3S. The largest absolute Gasteiger partial charge is 0.338 e. The molecule has 2 amide bonds. The topological polar surface area (TPSA) is 69.7 Å². The van der Waals surface area contributed by atoms with Crippen molar-refractivity contribution < 1.29 is 13.2 Å². The van der Waals surface area contributed by atoms with Crippen LogP contribution < -0.4 is 5.32 Å². The van der Waals surface area contributed by atoms with E-state index in [9.17, 15) is 13.2 Å². The highest BCUT2D eigenvalue weighted by Gasteiger charge is 2.30. The van der Waals surface area contributed by atoms with Crippen LogP contribution in [0.15, 0.2) is 0 Å². The molecule has 0 spiro atoms. The number of hydrogen-bond acceptors (Lipinski definition) is 3. The molecule has 1 heterocycles. The third-order valence-corrected chi connectivity index (χ3v) is 5.09. The first kappa shape index (κ1) is 14.2. The minimum Gasteiger partial charge on any atom is -0.338 e. The lowest BCUT2D eigenvalue weighted by Crippen LogP contribution is -2.54. The summed E-state index contributed by atoms with van der Waals surface area (Å²) >= 11 is 0. The van der Waals surface area contributed by atoms with E-state index in [1.807, 2.05) is 6.92 Å². The second-order valence-corrected chi connectivity index (χ2v) is 6.80. The molecular weight excluding hydrogens is 242 g/mol. The van der Waals surface area contributed by atoms with E-state index in [2.05, 4.69) is 5.32 Å². The van der Waals surface area contributed by atoms with E-state index in [1.54, 1.807) is 18.7 Å². The molecule has 100 valence electrons. The first-order valence-corrected chi connectivity index (χ1v) is 7.41. The summed E-state index contributed by atoms with van der Waals surface area (Å²) in [6, 6.07) is -0.117. The molecule has 6 nitrogen and oxygen atoms in total. The van der Waals surface area contributed by atoms with Gasteiger partial charge in [0.1, 0.15) is 0 Å². The minimum absolute atomic E-state index is 0.117. The summed E-state index contributed by atoms with van der Waals surface area (Å²) in [6.45, 7) is 7.47. The number of urea groups is 1. The van der Waals surface area contributed by atoms with Crippen molar-refractivity contribution in [3.05, 3.63) is 0 Å². The van der Waals surface area contributed by atoms with E-state index in [1.165, 1.54) is 4.31 Å². The van der Waals surface area contributed by atoms with Crippen LogP contribution in [0.5, 0.6) is 0 Å². The minimum atomic E-state index is -3.19. The van der Waals surface area contributed by atoms with Crippen LogP contribution in [0.1, 0.15) is 20.8 Å². The van der Waals surface area contributed by atoms with E-state index in [0.29, 0.717) is 32.7 Å². The summed E-state index contributed by atoms with van der Waals surface area (Å²) < 4.78 is 25.3. The molecule has 0 aliphatic carbocycles. The molecule has 7 heteroatoms. The van der Waals surface area contributed by atoms with Gasteiger partial charge in [-0.3, -0.25) is 0 Å². The van der Waals surface area contributed by atoms with Crippen molar-refractivity contribution in [3.8, 4) is 0 Å². The molecule has 0 saturated carbocycles. The molecule has 0 aromatic heterocycles. The Morgan fingerprint density at radius 3 is 2.18 bits per heavy atom. The second kappa shape index (κ2) is 5.68. The van der Waals surface area contributed by atoms with E-state index < -0.39 is 15.3 Å². The summed E-state index contributed by atoms with van der Waals surface area (Å²) in [6.07, 6.45) is 0. The van der Waals surface area contributed by atoms with Gasteiger partial charge < -0.3 is 10.2 Å². The van der Waals surface area contributed by atoms with E-state index >= 15 is 0 Å². The summed E-state index contributed by atoms with van der Waals surface area (Å²) in [4.78, 5) is 13.2. The van der Waals surface area contributed by atoms with Crippen molar-refractivity contribution in [1.82, 2.24) is 14.5 Å². The molecule has 1 fully saturated rings. The van der Waals surface area contributed by atoms with Gasteiger partial charge in [-0.2, -0.15) is 4.31 Å². The maximum Gasteiger partial charge on any atom is 0.317 e. The molecule has 0 bridgehead atoms. The highest BCUT2D eigenvalue weighted by Crippen LogP contribution is 2.12. The van der Waals surface area contributed by atoms with Crippen LogP contribution >= 0.6 is 0 Å². The van der Waals surface area contributed by atoms with Gasteiger partial charge in [-0.1, -0.05) is 0 Å². The highest BCUT2D eigenvalue weighted by atomic mass is 32.2. The lowest BCUT2D eigenvalue weighted by Gasteiger charge is -2.34. The highest BCUT2D eigenvalue weighted by molar-refractivity contribution is 7.89. The predicted octanol–water partition coefficient (Wildman–Crippen LogP) is 0.0717. The smallest absolute Gasteiger partial charge is 0.317 e. The number of carbonyl (C=O) groups is 1. The van der Waals surface area contributed by atoms with Crippen LogP contribution in [-0.4, -0.2) is 61.6 Å². The molecule has 1 aliphatic heterocycles. The number of hydrogen-bond donors (Lipinski definition) is 1. The SMILES string of the molecule is CCNC(=O)N1CCN(S(=O)(=O)C(C)C)CC1. The Balaban J connectivity index is 2.54. The van der Waals surface area contributed by atoms with Crippen LogP contribution in [-0.2, 0) is 10.0 Å². The van der Waals surface area contributed by atoms with Crippen LogP contribution in [0.4, 0.5) is 4.79 Å². The third-order valence-electron chi connectivity index (χ3n) is 2.81. The van der Waals surface area contributed by atoms with Crippen LogP contribution in [0.25, 0.3) is 0 Å². The van der Waals surface area contributed by atoms with Gasteiger partial charge in [-0.05, 0) is 20.8 Å². The number of nitrogens with one attached hydrogen (secondary N) is 1. The van der Waals surface area contributed by atoms with Gasteiger partial charge in [0.15, 0.2) is 0 Å². The van der Waals surface area contributed by atoms with Gasteiger partial charge in [0.25, 0.3) is 0 Å². The fourth-order valence-corrected chi connectivity index (χ4v) is 2.98. The molecule has 0 aromatic rings. The Kier molecular flexibility index (Phi) is 4.76. The molecule has 1 rings (SSSR count). The van der Waals surface area contributed by atoms with Gasteiger partial charge in [0, 0.05) is 32.7 Å². The summed E-state index contributed by atoms with van der Waals surface area (Å²) in [5.74, 6) is 0. The van der Waals surface area contributed by atoms with Gasteiger partial charge in [-0.15, -0.1) is 0 Å². The van der Waals surface area contributed by atoms with E-state index in [0.717, 1.165) is 0 Å². The van der Waals surface area contributed by atoms with Crippen molar-refractivity contribution in [2.24, 2.45) is 0 Å². The fraction of sp³-hybridized carbons (Fsp3) is 0.900. The molecule has 1 N–H and O–H groups in total. The Bertz CT molecular complexity index is 359. The van der Waals surface area contributed by atoms with Gasteiger partial charge in [0.05, 0.1) is 5.25 Å². The zero-order chi connectivity index (χ0) is 13.1. The van der Waals surface area contributed by atoms with Gasteiger partial charge in [-0.25, -0.2) is 13.2 Å². The molecule has 1 saturated heterocycles. The lowest BCUT2D eigenvalue weighted by atomic mass is 10.4. The quantitative estimate of drug-likeness (QED) is 0.783. The zero-order valence-electron chi connectivity index (χ0n) is 10.6. The monoisotopic (exact) mass is 263 g/mol. The third kappa shape index (κ3) is 3.32. The van der Waals surface area contributed by atoms with Gasteiger partial charge in [0.2, 0.25) is 10.0 Å². The number of nitrogens with zero attached hydrogens (tertiary/aromatic N) is 2. The molecule has 0 radical (unpaired) electrons. The van der Waals surface area contributed by atoms with Crippen molar-refractivity contribution >= 4 is 16.1 Å². The predicted molar refractivity (Wildman–Crippen MR) is 66.3 cm³/mol. The Morgan fingerprint density at radius 2 is 1.76 bits per heavy atom. The Morgan fingerprint density at radius 1 is 1.24 bits per heavy atom. The average molecular weight is 263 g/mol. The Hall–Kier alpha value is -0.820. The van der Waals surface area contributed by atoms with Crippen LogP contribution in [0.2, 0.25) is 0 Å². The van der Waals surface area contributed by atoms with Crippen molar-refractivity contribution in [1.29, 1.82) is 0 Å². The van der Waals surface area contributed by atoms with E-state index in [4.69, 9.17) is 0 Å². The number of piperazine rings is 1. The van der Waals surface area contributed by atoms with Gasteiger partial charge >= 0.3 is 6.03 Å². The van der Waals surface area contributed by atoms with Crippen LogP contribution in [0, 0.1) is 0 Å². The fourth-order valence-electron chi connectivity index (χ4n) is 1.71. The molecule has 0 unspecified atom stereocenters. The molecule has 17 heavy (non-hydrogen) atoms. The lowest BCUT2D eigenvalue weighted by molar-refractivity contribution is 0.172. The number of sulfonamides is 1. The first-order chi connectivity index (χ1) is 7.89. The molecule has 1 aliphatic rings. The molecule has 0 aromatic carbocycles. The van der Waals surface area contributed by atoms with Crippen molar-refractivity contribution in [2.75, 3.05) is 32.7 Å². The number of rotatable bonds is 3. The first-order valence-electron chi connectivity index (χ1n) is 5.91. The summed E-state index contributed by atoms with van der Waals surface area (Å²) in [5, 5.41) is 2.31. The van der Waals surface area contributed by atoms with Crippen molar-refractivity contribution in [3.63, 3.8) is 0 Å². The Labute approximate surface area is 103 Å². The number of amides is 2. The van der Waals surface area contributed by atoms with Crippen molar-refractivity contribution in [2.45, 2.75) is 26.0 Å². The maximum atomic E-state index is 11.9. The van der Waals surface area contributed by atoms with E-state index in [-0.39, 0.29) is 6.03 Å². The number of carbonyl (C=O) groups excluding carboxylic acids is 1. The van der Waals surface area contributed by atoms with Crippen LogP contribution in [0.3, 0.4) is 0 Å². The summed E-state index contributed by atoms with van der Waals surface area (Å²) in [5.41, 5.74) is 0.